The van der Waals surface area contributed by atoms with Crippen LogP contribution in [-0.2, 0) is 18.6 Å². The summed E-state index contributed by atoms with van der Waals surface area (Å²) in [6, 6.07) is 15.2. The molecule has 0 aliphatic carbocycles. The van der Waals surface area contributed by atoms with E-state index >= 15 is 0 Å². The lowest BCUT2D eigenvalue weighted by Gasteiger charge is -2.32. The van der Waals surface area contributed by atoms with E-state index in [9.17, 15) is 31.4 Å². The second-order valence-electron chi connectivity index (χ2n) is 9.26. The molecular formula is C27H26F6N2O. The van der Waals surface area contributed by atoms with Gasteiger partial charge >= 0.3 is 12.4 Å². The number of aromatic nitrogens is 1. The number of halogens is 6. The number of aliphatic hydroxyl groups is 1. The summed E-state index contributed by atoms with van der Waals surface area (Å²) in [6.45, 7) is 2.94. The van der Waals surface area contributed by atoms with E-state index in [0.29, 0.717) is 29.2 Å². The van der Waals surface area contributed by atoms with E-state index in [0.717, 1.165) is 56.6 Å². The summed E-state index contributed by atoms with van der Waals surface area (Å²) in [5.41, 5.74) is -2.68. The molecule has 0 unspecified atom stereocenters. The van der Waals surface area contributed by atoms with Crippen molar-refractivity contribution in [3.8, 4) is 11.1 Å². The van der Waals surface area contributed by atoms with Crippen LogP contribution in [-0.4, -0.2) is 40.4 Å². The predicted molar refractivity (Wildman–Crippen MR) is 124 cm³/mol. The quantitative estimate of drug-likeness (QED) is 0.386. The van der Waals surface area contributed by atoms with Crippen LogP contribution in [0.5, 0.6) is 0 Å². The van der Waals surface area contributed by atoms with E-state index < -0.39 is 23.5 Å². The van der Waals surface area contributed by atoms with Crippen molar-refractivity contribution < 1.29 is 31.4 Å². The number of piperidine rings is 1. The first-order chi connectivity index (χ1) is 17.0. The maximum atomic E-state index is 13.1. The second-order valence-corrected chi connectivity index (χ2v) is 9.26. The Bertz CT molecular complexity index is 1110. The van der Waals surface area contributed by atoms with Crippen LogP contribution in [0.1, 0.15) is 29.5 Å². The lowest BCUT2D eigenvalue weighted by molar-refractivity contribution is -0.376. The molecule has 0 saturated carbocycles. The molecule has 0 bridgehead atoms. The molecule has 9 heteroatoms. The lowest BCUT2D eigenvalue weighted by atomic mass is 9.89. The van der Waals surface area contributed by atoms with Crippen LogP contribution in [0, 0.1) is 5.92 Å². The van der Waals surface area contributed by atoms with Crippen molar-refractivity contribution in [2.24, 2.45) is 5.92 Å². The average molecular weight is 509 g/mol. The predicted octanol–water partition coefficient (Wildman–Crippen LogP) is 6.52. The van der Waals surface area contributed by atoms with Crippen molar-refractivity contribution in [1.29, 1.82) is 0 Å². The molecule has 1 aromatic heterocycles. The molecule has 192 valence electrons. The fraction of sp³-hybridized carbons (Fsp3) is 0.370. The number of rotatable bonds is 6. The number of nitrogens with zero attached hydrogens (tertiary/aromatic N) is 2. The Morgan fingerprint density at radius 2 is 1.22 bits per heavy atom. The van der Waals surface area contributed by atoms with Gasteiger partial charge in [0.2, 0.25) is 0 Å². The standard InChI is InChI=1S/C27H26F6N2O/c28-26(29,30)25(36,27(31,32)33)24-7-5-23(6-8-24)22-3-1-19(2-4-22)17-20-11-15-35(16-12-20)18-21-9-13-34-14-10-21/h1-10,13-14,20,36H,11-12,15-18H2. The molecule has 3 aromatic rings. The van der Waals surface area contributed by atoms with Crippen molar-refractivity contribution >= 4 is 0 Å². The van der Waals surface area contributed by atoms with Gasteiger partial charge in [-0.05, 0) is 72.7 Å². The van der Waals surface area contributed by atoms with Crippen LogP contribution >= 0.6 is 0 Å². The van der Waals surface area contributed by atoms with Gasteiger partial charge in [-0.15, -0.1) is 0 Å². The molecule has 0 spiro atoms. The van der Waals surface area contributed by atoms with Crippen LogP contribution in [0.25, 0.3) is 11.1 Å². The largest absolute Gasteiger partial charge is 0.430 e. The van der Waals surface area contributed by atoms with Gasteiger partial charge in [-0.1, -0.05) is 48.5 Å². The molecule has 36 heavy (non-hydrogen) atoms. The molecule has 1 N–H and O–H groups in total. The fourth-order valence-electron chi connectivity index (χ4n) is 4.65. The lowest BCUT2D eigenvalue weighted by Crippen LogP contribution is -2.53. The molecule has 0 radical (unpaired) electrons. The highest BCUT2D eigenvalue weighted by Crippen LogP contribution is 2.50. The SMILES string of the molecule is OC(c1ccc(-c2ccc(CC3CCN(Cc4ccncc4)CC3)cc2)cc1)(C(F)(F)F)C(F)(F)F. The molecule has 3 nitrogen and oxygen atoms in total. The monoisotopic (exact) mass is 508 g/mol. The third-order valence-corrected chi connectivity index (χ3v) is 6.80. The van der Waals surface area contributed by atoms with Gasteiger partial charge < -0.3 is 5.11 Å². The van der Waals surface area contributed by atoms with Crippen molar-refractivity contribution in [2.75, 3.05) is 13.1 Å². The minimum atomic E-state index is -5.90. The highest BCUT2D eigenvalue weighted by Gasteiger charge is 2.71. The normalized spacial score (nSPS) is 16.3. The van der Waals surface area contributed by atoms with Crippen LogP contribution in [0.4, 0.5) is 26.3 Å². The van der Waals surface area contributed by atoms with Crippen molar-refractivity contribution in [3.63, 3.8) is 0 Å². The molecule has 1 aliphatic heterocycles. The Hall–Kier alpha value is -2.91. The summed E-state index contributed by atoms with van der Waals surface area (Å²) in [6.07, 6.45) is -5.14. The minimum Gasteiger partial charge on any atom is -0.369 e. The molecule has 1 saturated heterocycles. The Kier molecular flexibility index (Phi) is 7.43. The summed E-state index contributed by atoms with van der Waals surface area (Å²) in [4.78, 5) is 6.47. The molecule has 2 aromatic carbocycles. The first kappa shape index (κ1) is 26.2. The Morgan fingerprint density at radius 3 is 1.72 bits per heavy atom. The second kappa shape index (κ2) is 10.2. The molecule has 0 amide bonds. The summed E-state index contributed by atoms with van der Waals surface area (Å²) in [5.74, 6) is 0.547. The molecule has 1 fully saturated rings. The maximum Gasteiger partial charge on any atom is 0.430 e. The van der Waals surface area contributed by atoms with E-state index in [4.69, 9.17) is 0 Å². The van der Waals surface area contributed by atoms with Gasteiger partial charge in [0.1, 0.15) is 0 Å². The molecule has 4 rings (SSSR count). The summed E-state index contributed by atoms with van der Waals surface area (Å²) in [7, 11) is 0. The van der Waals surface area contributed by atoms with E-state index in [1.165, 1.54) is 5.56 Å². The number of benzene rings is 2. The van der Waals surface area contributed by atoms with E-state index in [-0.39, 0.29) is 0 Å². The summed E-state index contributed by atoms with van der Waals surface area (Å²) >= 11 is 0. The van der Waals surface area contributed by atoms with Gasteiger partial charge in [-0.2, -0.15) is 26.3 Å². The van der Waals surface area contributed by atoms with Gasteiger partial charge in [-0.25, -0.2) is 0 Å². The Balaban J connectivity index is 1.36. The van der Waals surface area contributed by atoms with E-state index in [1.807, 2.05) is 36.4 Å². The van der Waals surface area contributed by atoms with Gasteiger partial charge in [0.25, 0.3) is 5.60 Å². The van der Waals surface area contributed by atoms with Crippen molar-refractivity contribution in [2.45, 2.75) is 43.8 Å². The number of hydrogen-bond donors (Lipinski definition) is 1. The maximum absolute atomic E-state index is 13.1. The van der Waals surface area contributed by atoms with Crippen LogP contribution in [0.3, 0.4) is 0 Å². The number of likely N-dealkylation sites (tertiary alicyclic amines) is 1. The molecule has 0 atom stereocenters. The summed E-state index contributed by atoms with van der Waals surface area (Å²) < 4.78 is 78.5. The zero-order valence-electron chi connectivity index (χ0n) is 19.4. The number of alkyl halides is 6. The fourth-order valence-corrected chi connectivity index (χ4v) is 4.65. The number of hydrogen-bond acceptors (Lipinski definition) is 3. The van der Waals surface area contributed by atoms with Gasteiger partial charge in [0, 0.05) is 24.5 Å². The zero-order chi connectivity index (χ0) is 26.0. The molecule has 2 heterocycles. The Morgan fingerprint density at radius 1 is 0.722 bits per heavy atom. The first-order valence-corrected chi connectivity index (χ1v) is 11.6. The van der Waals surface area contributed by atoms with Crippen molar-refractivity contribution in [3.05, 3.63) is 89.7 Å². The molecule has 1 aliphatic rings. The van der Waals surface area contributed by atoms with Crippen LogP contribution in [0.2, 0.25) is 0 Å². The zero-order valence-corrected chi connectivity index (χ0v) is 19.4. The van der Waals surface area contributed by atoms with Crippen LogP contribution in [0.15, 0.2) is 73.1 Å². The highest BCUT2D eigenvalue weighted by molar-refractivity contribution is 5.64. The Labute approximate surface area is 205 Å². The average Bonchev–Trinajstić information content (AvgIpc) is 2.85. The van der Waals surface area contributed by atoms with Crippen molar-refractivity contribution in [1.82, 2.24) is 9.88 Å². The van der Waals surface area contributed by atoms with Gasteiger partial charge in [-0.3, -0.25) is 9.88 Å². The molecular weight excluding hydrogens is 482 g/mol. The third kappa shape index (κ3) is 5.57. The first-order valence-electron chi connectivity index (χ1n) is 11.6. The minimum absolute atomic E-state index is 0.460. The smallest absolute Gasteiger partial charge is 0.369 e. The third-order valence-electron chi connectivity index (χ3n) is 6.80. The highest BCUT2D eigenvalue weighted by atomic mass is 19.4. The van der Waals surface area contributed by atoms with E-state index in [1.54, 1.807) is 12.4 Å². The summed E-state index contributed by atoms with van der Waals surface area (Å²) in [5, 5.41) is 9.54. The van der Waals surface area contributed by atoms with Gasteiger partial charge in [0.05, 0.1) is 0 Å². The topological polar surface area (TPSA) is 36.4 Å². The van der Waals surface area contributed by atoms with E-state index in [2.05, 4.69) is 9.88 Å². The van der Waals surface area contributed by atoms with Gasteiger partial charge in [0.15, 0.2) is 0 Å². The number of pyridine rings is 1. The van der Waals surface area contributed by atoms with Crippen LogP contribution < -0.4 is 0 Å².